The molecule has 0 amide bonds. The summed E-state index contributed by atoms with van der Waals surface area (Å²) < 4.78 is 13.8. The van der Waals surface area contributed by atoms with Gasteiger partial charge < -0.3 is 10.7 Å². The van der Waals surface area contributed by atoms with Gasteiger partial charge in [0.2, 0.25) is 0 Å². The van der Waals surface area contributed by atoms with Gasteiger partial charge in [-0.1, -0.05) is 6.07 Å². The number of nitrogens with one attached hydrogen (secondary N) is 1. The number of rotatable bonds is 1. The number of aromatic amines is 1. The molecule has 0 fully saturated rings. The molecule has 1 heterocycles. The van der Waals surface area contributed by atoms with E-state index in [0.29, 0.717) is 11.3 Å². The predicted octanol–water partition coefficient (Wildman–Crippen LogP) is 2.95. The van der Waals surface area contributed by atoms with Gasteiger partial charge in [-0.05, 0) is 26.0 Å². The van der Waals surface area contributed by atoms with E-state index >= 15 is 0 Å². The van der Waals surface area contributed by atoms with Crippen molar-refractivity contribution in [3.8, 4) is 0 Å². The van der Waals surface area contributed by atoms with E-state index in [1.807, 2.05) is 12.1 Å². The number of aromatic nitrogens is 1. The molecule has 3 heteroatoms. The Balaban J connectivity index is 2.80. The minimum Gasteiger partial charge on any atom is -0.398 e. The Hall–Kier alpha value is -1.51. The number of benzene rings is 1. The summed E-state index contributed by atoms with van der Waals surface area (Å²) in [5, 5.41) is 0.792. The van der Waals surface area contributed by atoms with Crippen LogP contribution in [0.15, 0.2) is 24.4 Å². The van der Waals surface area contributed by atoms with Crippen molar-refractivity contribution in [2.24, 2.45) is 0 Å². The molecule has 0 radical (unpaired) electrons. The summed E-state index contributed by atoms with van der Waals surface area (Å²) in [6, 6.07) is 5.52. The van der Waals surface area contributed by atoms with Gasteiger partial charge in [0, 0.05) is 28.4 Å². The fourth-order valence-corrected chi connectivity index (χ4v) is 1.68. The molecule has 0 bridgehead atoms. The zero-order chi connectivity index (χ0) is 10.3. The Morgan fingerprint density at radius 2 is 2.07 bits per heavy atom. The van der Waals surface area contributed by atoms with Crippen molar-refractivity contribution in [2.45, 2.75) is 19.5 Å². The molecule has 1 aromatic carbocycles. The highest BCUT2D eigenvalue weighted by Gasteiger charge is 2.23. The lowest BCUT2D eigenvalue weighted by atomic mass is 9.99. The summed E-state index contributed by atoms with van der Waals surface area (Å²) in [6.45, 7) is 3.06. The second-order valence-corrected chi connectivity index (χ2v) is 3.94. The summed E-state index contributed by atoms with van der Waals surface area (Å²) in [5.41, 5.74) is 6.56. The maximum Gasteiger partial charge on any atom is 0.132 e. The Bertz CT molecular complexity index is 466. The largest absolute Gasteiger partial charge is 0.398 e. The van der Waals surface area contributed by atoms with E-state index in [2.05, 4.69) is 4.98 Å². The minimum absolute atomic E-state index is 0.615. The molecular weight excluding hydrogens is 179 g/mol. The molecule has 2 rings (SSSR count). The third kappa shape index (κ3) is 1.25. The predicted molar refractivity (Wildman–Crippen MR) is 56.8 cm³/mol. The minimum atomic E-state index is -1.37. The number of nitrogens with two attached hydrogens (primary N) is 1. The highest BCUT2D eigenvalue weighted by molar-refractivity contribution is 5.94. The van der Waals surface area contributed by atoms with Crippen LogP contribution in [0.1, 0.15) is 19.4 Å². The quantitative estimate of drug-likeness (QED) is 0.670. The highest BCUT2D eigenvalue weighted by atomic mass is 19.1. The fourth-order valence-electron chi connectivity index (χ4n) is 1.68. The highest BCUT2D eigenvalue weighted by Crippen LogP contribution is 2.34. The van der Waals surface area contributed by atoms with Gasteiger partial charge in [-0.15, -0.1) is 0 Å². The monoisotopic (exact) mass is 192 g/mol. The molecule has 0 unspecified atom stereocenters. The Morgan fingerprint density at radius 3 is 2.71 bits per heavy atom. The molecule has 0 aliphatic heterocycles. The van der Waals surface area contributed by atoms with E-state index < -0.39 is 5.67 Å². The van der Waals surface area contributed by atoms with E-state index in [9.17, 15) is 4.39 Å². The normalized spacial score (nSPS) is 12.2. The van der Waals surface area contributed by atoms with Crippen molar-refractivity contribution < 1.29 is 4.39 Å². The SMILES string of the molecule is CC(C)(F)c1c[nH]c2cccc(N)c12. The molecule has 1 aromatic heterocycles. The lowest BCUT2D eigenvalue weighted by molar-refractivity contribution is 0.224. The standard InChI is InChI=1S/C11H13FN2/c1-11(2,12)7-6-14-9-5-3-4-8(13)10(7)9/h3-6,14H,13H2,1-2H3. The molecule has 14 heavy (non-hydrogen) atoms. The summed E-state index contributed by atoms with van der Waals surface area (Å²) in [4.78, 5) is 3.02. The van der Waals surface area contributed by atoms with Crippen LogP contribution in [-0.4, -0.2) is 4.98 Å². The number of alkyl halides is 1. The molecule has 0 aliphatic rings. The van der Waals surface area contributed by atoms with E-state index in [1.165, 1.54) is 13.8 Å². The van der Waals surface area contributed by atoms with Crippen LogP contribution in [0, 0.1) is 0 Å². The van der Waals surface area contributed by atoms with Crippen molar-refractivity contribution in [3.63, 3.8) is 0 Å². The average Bonchev–Trinajstić information content (AvgIpc) is 2.47. The van der Waals surface area contributed by atoms with Gasteiger partial charge in [-0.3, -0.25) is 0 Å². The van der Waals surface area contributed by atoms with E-state index in [4.69, 9.17) is 5.73 Å². The second kappa shape index (κ2) is 2.74. The Labute approximate surface area is 81.9 Å². The average molecular weight is 192 g/mol. The molecule has 3 N–H and O–H groups in total. The number of hydrogen-bond donors (Lipinski definition) is 2. The van der Waals surface area contributed by atoms with Crippen LogP contribution in [0.2, 0.25) is 0 Å². The van der Waals surface area contributed by atoms with Crippen molar-refractivity contribution in [2.75, 3.05) is 5.73 Å². The molecule has 0 aliphatic carbocycles. The van der Waals surface area contributed by atoms with Crippen LogP contribution in [0.4, 0.5) is 10.1 Å². The number of hydrogen-bond acceptors (Lipinski definition) is 1. The molecule has 2 nitrogen and oxygen atoms in total. The lowest BCUT2D eigenvalue weighted by Crippen LogP contribution is -2.08. The van der Waals surface area contributed by atoms with Gasteiger partial charge in [0.1, 0.15) is 5.67 Å². The maximum absolute atomic E-state index is 13.8. The molecule has 0 saturated carbocycles. The van der Waals surface area contributed by atoms with Gasteiger partial charge in [-0.25, -0.2) is 4.39 Å². The summed E-state index contributed by atoms with van der Waals surface area (Å²) in [5.74, 6) is 0. The van der Waals surface area contributed by atoms with Gasteiger partial charge in [-0.2, -0.15) is 0 Å². The first-order valence-electron chi connectivity index (χ1n) is 4.55. The molecule has 74 valence electrons. The zero-order valence-corrected chi connectivity index (χ0v) is 8.26. The van der Waals surface area contributed by atoms with Crippen LogP contribution >= 0.6 is 0 Å². The summed E-state index contributed by atoms with van der Waals surface area (Å²) >= 11 is 0. The van der Waals surface area contributed by atoms with E-state index in [-0.39, 0.29) is 0 Å². The Kier molecular flexibility index (Phi) is 1.77. The first kappa shape index (κ1) is 9.06. The topological polar surface area (TPSA) is 41.8 Å². The smallest absolute Gasteiger partial charge is 0.132 e. The van der Waals surface area contributed by atoms with Crippen LogP contribution < -0.4 is 5.73 Å². The van der Waals surface area contributed by atoms with Crippen LogP contribution in [0.25, 0.3) is 10.9 Å². The first-order valence-corrected chi connectivity index (χ1v) is 4.55. The van der Waals surface area contributed by atoms with Gasteiger partial charge in [0.05, 0.1) is 0 Å². The maximum atomic E-state index is 13.8. The lowest BCUT2D eigenvalue weighted by Gasteiger charge is -2.13. The van der Waals surface area contributed by atoms with Crippen molar-refractivity contribution in [1.82, 2.24) is 4.98 Å². The number of nitrogen functional groups attached to an aromatic ring is 1. The zero-order valence-electron chi connectivity index (χ0n) is 8.26. The van der Waals surface area contributed by atoms with Crippen molar-refractivity contribution in [1.29, 1.82) is 0 Å². The molecule has 0 atom stereocenters. The third-order valence-corrected chi connectivity index (χ3v) is 2.38. The summed E-state index contributed by atoms with van der Waals surface area (Å²) in [6.07, 6.45) is 1.68. The van der Waals surface area contributed by atoms with Gasteiger partial charge >= 0.3 is 0 Å². The van der Waals surface area contributed by atoms with Crippen LogP contribution in [0.5, 0.6) is 0 Å². The number of anilines is 1. The van der Waals surface area contributed by atoms with Crippen LogP contribution in [-0.2, 0) is 5.67 Å². The van der Waals surface area contributed by atoms with E-state index in [0.717, 1.165) is 10.9 Å². The van der Waals surface area contributed by atoms with Gasteiger partial charge in [0.15, 0.2) is 0 Å². The number of halogens is 1. The first-order chi connectivity index (χ1) is 6.50. The molecule has 0 saturated heterocycles. The summed E-state index contributed by atoms with van der Waals surface area (Å²) in [7, 11) is 0. The van der Waals surface area contributed by atoms with Crippen molar-refractivity contribution >= 4 is 16.6 Å². The Morgan fingerprint density at radius 1 is 1.36 bits per heavy atom. The molecule has 0 spiro atoms. The number of H-pyrrole nitrogens is 1. The van der Waals surface area contributed by atoms with E-state index in [1.54, 1.807) is 12.3 Å². The molecular formula is C11H13FN2. The number of fused-ring (bicyclic) bond motifs is 1. The third-order valence-electron chi connectivity index (χ3n) is 2.38. The fraction of sp³-hybridized carbons (Fsp3) is 0.273. The van der Waals surface area contributed by atoms with Crippen molar-refractivity contribution in [3.05, 3.63) is 30.0 Å². The molecule has 2 aromatic rings. The van der Waals surface area contributed by atoms with Crippen LogP contribution in [0.3, 0.4) is 0 Å². The second-order valence-electron chi connectivity index (χ2n) is 3.94. The van der Waals surface area contributed by atoms with Gasteiger partial charge in [0.25, 0.3) is 0 Å².